The third-order valence-corrected chi connectivity index (χ3v) is 4.39. The maximum atomic E-state index is 13.2. The summed E-state index contributed by atoms with van der Waals surface area (Å²) in [6, 6.07) is 5.23. The zero-order valence-electron chi connectivity index (χ0n) is 12.1. The molecule has 0 saturated heterocycles. The van der Waals surface area contributed by atoms with Crippen molar-refractivity contribution in [3.63, 3.8) is 0 Å². The monoisotopic (exact) mass is 349 g/mol. The van der Waals surface area contributed by atoms with Gasteiger partial charge in [-0.05, 0) is 60.8 Å². The summed E-state index contributed by atoms with van der Waals surface area (Å²) in [7, 11) is 0. The minimum Gasteiger partial charge on any atom is -0.310 e. The quantitative estimate of drug-likeness (QED) is 0.909. The number of aromatic nitrogens is 2. The van der Waals surface area contributed by atoms with Crippen molar-refractivity contribution < 1.29 is 4.39 Å². The average Bonchev–Trinajstić information content (AvgIpc) is 3.21. The second kappa shape index (κ2) is 5.81. The Morgan fingerprint density at radius 3 is 2.48 bits per heavy atom. The molecule has 1 fully saturated rings. The van der Waals surface area contributed by atoms with E-state index in [4.69, 9.17) is 0 Å². The molecule has 0 spiro atoms. The van der Waals surface area contributed by atoms with Gasteiger partial charge in [-0.1, -0.05) is 0 Å². The molecule has 1 aromatic carbocycles. The first-order chi connectivity index (χ1) is 10.0. The van der Waals surface area contributed by atoms with Crippen LogP contribution in [0.3, 0.4) is 0 Å². The van der Waals surface area contributed by atoms with Crippen LogP contribution in [0.1, 0.15) is 29.8 Å². The zero-order valence-corrected chi connectivity index (χ0v) is 13.7. The number of aryl methyl sites for hydroxylation is 2. The molecule has 110 valence electrons. The van der Waals surface area contributed by atoms with Crippen LogP contribution in [0.5, 0.6) is 0 Å². The summed E-state index contributed by atoms with van der Waals surface area (Å²) in [5.41, 5.74) is 3.91. The molecule has 0 amide bonds. The first-order valence-corrected chi connectivity index (χ1v) is 7.87. The van der Waals surface area contributed by atoms with Crippen molar-refractivity contribution in [2.75, 3.05) is 0 Å². The highest BCUT2D eigenvalue weighted by Gasteiger charge is 2.21. The topological polar surface area (TPSA) is 37.8 Å². The minimum absolute atomic E-state index is 0.274. The average molecular weight is 350 g/mol. The van der Waals surface area contributed by atoms with Crippen LogP contribution < -0.4 is 5.32 Å². The molecule has 1 saturated carbocycles. The van der Waals surface area contributed by atoms with Gasteiger partial charge in [-0.15, -0.1) is 0 Å². The predicted molar refractivity (Wildman–Crippen MR) is 84.5 cm³/mol. The summed E-state index contributed by atoms with van der Waals surface area (Å²) < 4.78 is 13.9. The van der Waals surface area contributed by atoms with E-state index in [9.17, 15) is 4.39 Å². The maximum Gasteiger partial charge on any atom is 0.160 e. The van der Waals surface area contributed by atoms with Gasteiger partial charge >= 0.3 is 0 Å². The molecule has 0 atom stereocenters. The number of nitrogens with zero attached hydrogens (tertiary/aromatic N) is 2. The predicted octanol–water partition coefficient (Wildman–Crippen LogP) is 3.91. The van der Waals surface area contributed by atoms with Gasteiger partial charge in [0.25, 0.3) is 0 Å². The number of halogens is 2. The van der Waals surface area contributed by atoms with E-state index in [1.165, 1.54) is 25.0 Å². The third-order valence-electron chi connectivity index (χ3n) is 3.74. The molecule has 3 nitrogen and oxygen atoms in total. The van der Waals surface area contributed by atoms with Crippen molar-refractivity contribution >= 4 is 15.9 Å². The van der Waals surface area contributed by atoms with Gasteiger partial charge in [-0.25, -0.2) is 14.4 Å². The van der Waals surface area contributed by atoms with E-state index in [1.54, 1.807) is 6.07 Å². The Morgan fingerprint density at radius 2 is 1.90 bits per heavy atom. The normalized spacial score (nSPS) is 14.5. The fraction of sp³-hybridized carbons (Fsp3) is 0.375. The van der Waals surface area contributed by atoms with Crippen LogP contribution in [0.2, 0.25) is 0 Å². The molecule has 1 aromatic heterocycles. The van der Waals surface area contributed by atoms with Crippen molar-refractivity contribution in [3.8, 4) is 11.4 Å². The highest BCUT2D eigenvalue weighted by atomic mass is 79.9. The Bertz CT molecular complexity index is 660. The van der Waals surface area contributed by atoms with E-state index in [1.807, 2.05) is 13.8 Å². The highest BCUT2D eigenvalue weighted by molar-refractivity contribution is 9.10. The summed E-state index contributed by atoms with van der Waals surface area (Å²) >= 11 is 3.38. The Balaban J connectivity index is 1.92. The molecular weight excluding hydrogens is 333 g/mol. The summed E-state index contributed by atoms with van der Waals surface area (Å²) in [6.07, 6.45) is 2.53. The van der Waals surface area contributed by atoms with E-state index < -0.39 is 0 Å². The van der Waals surface area contributed by atoms with Gasteiger partial charge in [0.1, 0.15) is 5.82 Å². The number of hydrogen-bond acceptors (Lipinski definition) is 3. The fourth-order valence-corrected chi connectivity index (χ4v) is 2.85. The Morgan fingerprint density at radius 1 is 1.24 bits per heavy atom. The van der Waals surface area contributed by atoms with Crippen LogP contribution in [-0.2, 0) is 6.54 Å². The number of rotatable bonds is 4. The molecule has 0 radical (unpaired) electrons. The van der Waals surface area contributed by atoms with E-state index >= 15 is 0 Å². The molecule has 0 aliphatic heterocycles. The van der Waals surface area contributed by atoms with Crippen molar-refractivity contribution in [2.45, 2.75) is 39.3 Å². The van der Waals surface area contributed by atoms with Crippen molar-refractivity contribution in [1.82, 2.24) is 15.3 Å². The second-order valence-corrected chi connectivity index (χ2v) is 6.33. The second-order valence-electron chi connectivity index (χ2n) is 5.48. The highest BCUT2D eigenvalue weighted by Crippen LogP contribution is 2.28. The van der Waals surface area contributed by atoms with Gasteiger partial charge < -0.3 is 5.32 Å². The lowest BCUT2D eigenvalue weighted by molar-refractivity contribution is 0.627. The summed E-state index contributed by atoms with van der Waals surface area (Å²) in [4.78, 5) is 9.18. The van der Waals surface area contributed by atoms with Crippen molar-refractivity contribution in [3.05, 3.63) is 45.4 Å². The number of nitrogens with one attached hydrogen (secondary N) is 1. The lowest BCUT2D eigenvalue weighted by Crippen LogP contribution is -2.18. The van der Waals surface area contributed by atoms with Gasteiger partial charge in [-0.2, -0.15) is 0 Å². The summed E-state index contributed by atoms with van der Waals surface area (Å²) in [5.74, 6) is 0.358. The first-order valence-electron chi connectivity index (χ1n) is 7.07. The van der Waals surface area contributed by atoms with Crippen molar-refractivity contribution in [1.29, 1.82) is 0 Å². The van der Waals surface area contributed by atoms with E-state index in [0.717, 1.165) is 29.1 Å². The lowest BCUT2D eigenvalue weighted by atomic mass is 10.1. The van der Waals surface area contributed by atoms with Crippen molar-refractivity contribution in [2.24, 2.45) is 0 Å². The zero-order chi connectivity index (χ0) is 15.0. The van der Waals surface area contributed by atoms with Gasteiger partial charge in [0, 0.05) is 39.6 Å². The van der Waals surface area contributed by atoms with Crippen LogP contribution in [-0.4, -0.2) is 16.0 Å². The van der Waals surface area contributed by atoms with Gasteiger partial charge in [-0.3, -0.25) is 0 Å². The fourth-order valence-electron chi connectivity index (χ4n) is 2.32. The molecule has 21 heavy (non-hydrogen) atoms. The number of benzene rings is 1. The number of hydrogen-bond donors (Lipinski definition) is 1. The van der Waals surface area contributed by atoms with Gasteiger partial charge in [0.05, 0.1) is 0 Å². The maximum absolute atomic E-state index is 13.2. The smallest absolute Gasteiger partial charge is 0.160 e. The molecule has 1 N–H and O–H groups in total. The summed E-state index contributed by atoms with van der Waals surface area (Å²) in [5, 5.41) is 3.49. The largest absolute Gasteiger partial charge is 0.310 e. The standard InChI is InChI=1S/C16H17BrFN3/c1-9-14(8-19-12-4-5-12)10(2)21-16(20-9)13-6-3-11(18)7-15(13)17/h3,6-7,12,19H,4-5,8H2,1-2H3. The molecule has 1 heterocycles. The molecule has 2 aromatic rings. The van der Waals surface area contributed by atoms with Gasteiger partial charge in [0.15, 0.2) is 5.82 Å². The van der Waals surface area contributed by atoms with Crippen LogP contribution in [0.4, 0.5) is 4.39 Å². The molecule has 3 rings (SSSR count). The molecule has 1 aliphatic carbocycles. The molecular formula is C16H17BrFN3. The third kappa shape index (κ3) is 3.30. The Labute approximate surface area is 132 Å². The summed E-state index contributed by atoms with van der Waals surface area (Å²) in [6.45, 7) is 4.81. The van der Waals surface area contributed by atoms with E-state index in [-0.39, 0.29) is 5.82 Å². The Hall–Kier alpha value is -1.33. The molecule has 0 unspecified atom stereocenters. The van der Waals surface area contributed by atoms with Crippen LogP contribution >= 0.6 is 15.9 Å². The minimum atomic E-state index is -0.274. The lowest BCUT2D eigenvalue weighted by Gasteiger charge is -2.12. The SMILES string of the molecule is Cc1nc(-c2ccc(F)cc2Br)nc(C)c1CNC1CC1. The molecule has 5 heteroatoms. The van der Waals surface area contributed by atoms with Crippen LogP contribution in [0.25, 0.3) is 11.4 Å². The van der Waals surface area contributed by atoms with E-state index in [2.05, 4.69) is 31.2 Å². The van der Waals surface area contributed by atoms with Crippen LogP contribution in [0.15, 0.2) is 22.7 Å². The molecule has 0 bridgehead atoms. The van der Waals surface area contributed by atoms with Crippen LogP contribution in [0, 0.1) is 19.7 Å². The molecule has 1 aliphatic rings. The van der Waals surface area contributed by atoms with E-state index in [0.29, 0.717) is 16.3 Å². The Kier molecular flexibility index (Phi) is 4.04. The first kappa shape index (κ1) is 14.6. The van der Waals surface area contributed by atoms with Gasteiger partial charge in [0.2, 0.25) is 0 Å².